The van der Waals surface area contributed by atoms with Crippen molar-refractivity contribution in [2.45, 2.75) is 6.42 Å². The lowest BCUT2D eigenvalue weighted by atomic mass is 10.2. The lowest BCUT2D eigenvalue weighted by Crippen LogP contribution is -2.35. The zero-order valence-corrected chi connectivity index (χ0v) is 11.9. The van der Waals surface area contributed by atoms with Crippen LogP contribution in [0.1, 0.15) is 16.1 Å². The van der Waals surface area contributed by atoms with Gasteiger partial charge in [0, 0.05) is 40.1 Å². The van der Waals surface area contributed by atoms with Crippen molar-refractivity contribution >= 4 is 11.7 Å². The topological polar surface area (TPSA) is 60.1 Å². The molecule has 2 rings (SSSR count). The zero-order valence-electron chi connectivity index (χ0n) is 11.9. The van der Waals surface area contributed by atoms with Crippen LogP contribution in [0.5, 0.6) is 0 Å². The Kier molecular flexibility index (Phi) is 4.02. The molecule has 0 atom stereocenters. The molecule has 0 saturated carbocycles. The van der Waals surface area contributed by atoms with E-state index in [1.807, 2.05) is 13.2 Å². The molecule has 0 aliphatic carbocycles. The van der Waals surface area contributed by atoms with E-state index in [0.29, 0.717) is 18.7 Å². The van der Waals surface area contributed by atoms with E-state index in [-0.39, 0.29) is 0 Å². The van der Waals surface area contributed by atoms with Crippen LogP contribution in [0.25, 0.3) is 0 Å². The van der Waals surface area contributed by atoms with Gasteiger partial charge in [-0.05, 0) is 24.1 Å². The minimum absolute atomic E-state index is 0.406. The Morgan fingerprint density at radius 1 is 1.35 bits per heavy atom. The van der Waals surface area contributed by atoms with Gasteiger partial charge in [0.05, 0.1) is 11.9 Å². The molecule has 2 aromatic rings. The van der Waals surface area contributed by atoms with Gasteiger partial charge in [0.2, 0.25) is 0 Å². The number of nitrogens with zero attached hydrogens (tertiary/aromatic N) is 4. The third-order valence-electron chi connectivity index (χ3n) is 3.21. The minimum atomic E-state index is -0.490. The van der Waals surface area contributed by atoms with Crippen molar-refractivity contribution in [1.29, 1.82) is 0 Å². The van der Waals surface area contributed by atoms with Crippen molar-refractivity contribution in [2.24, 2.45) is 14.1 Å². The Morgan fingerprint density at radius 3 is 2.65 bits per heavy atom. The summed E-state index contributed by atoms with van der Waals surface area (Å²) < 4.78 is 3.36. The Labute approximate surface area is 117 Å². The predicted octanol–water partition coefficient (Wildman–Crippen LogP) is 0.642. The first-order chi connectivity index (χ1) is 9.49. The first kappa shape index (κ1) is 14.0. The van der Waals surface area contributed by atoms with Gasteiger partial charge in [-0.15, -0.1) is 0 Å². The number of aryl methyl sites for hydroxylation is 2. The van der Waals surface area contributed by atoms with Gasteiger partial charge in [-0.25, -0.2) is 0 Å². The summed E-state index contributed by atoms with van der Waals surface area (Å²) in [7, 11) is 5.23. The maximum Gasteiger partial charge on any atom is 0.296 e. The van der Waals surface area contributed by atoms with Crippen molar-refractivity contribution in [2.75, 3.05) is 13.6 Å². The molecule has 2 heterocycles. The van der Waals surface area contributed by atoms with Gasteiger partial charge in [-0.1, -0.05) is 0 Å². The summed E-state index contributed by atoms with van der Waals surface area (Å²) >= 11 is 0. The molecule has 0 aliphatic heterocycles. The second kappa shape index (κ2) is 5.73. The predicted molar refractivity (Wildman–Crippen MR) is 74.3 cm³/mol. The third-order valence-corrected chi connectivity index (χ3v) is 3.21. The summed E-state index contributed by atoms with van der Waals surface area (Å²) in [5.74, 6) is -0.970. The summed E-state index contributed by atoms with van der Waals surface area (Å²) in [5, 5.41) is 4.07. The molecule has 0 bridgehead atoms. The highest BCUT2D eigenvalue weighted by atomic mass is 16.2. The summed E-state index contributed by atoms with van der Waals surface area (Å²) in [5.41, 5.74) is 1.45. The molecule has 0 unspecified atom stereocenters. The molecule has 0 N–H and O–H groups in total. The molecule has 1 amide bonds. The number of rotatable bonds is 5. The average molecular weight is 274 g/mol. The van der Waals surface area contributed by atoms with E-state index < -0.39 is 11.7 Å². The Balaban J connectivity index is 1.95. The number of likely N-dealkylation sites (N-methyl/N-ethyl adjacent to an activating group) is 1. The molecule has 6 heteroatoms. The van der Waals surface area contributed by atoms with Crippen LogP contribution in [-0.4, -0.2) is 44.5 Å². The first-order valence-electron chi connectivity index (χ1n) is 6.37. The average Bonchev–Trinajstić information content (AvgIpc) is 3.03. The number of hydrogen-bond donors (Lipinski definition) is 0. The molecule has 0 aliphatic rings. The van der Waals surface area contributed by atoms with E-state index in [0.717, 1.165) is 5.56 Å². The number of amides is 1. The number of aromatic nitrogens is 3. The molecule has 106 valence electrons. The van der Waals surface area contributed by atoms with Gasteiger partial charge in [-0.2, -0.15) is 5.10 Å². The third kappa shape index (κ3) is 2.96. The molecular weight excluding hydrogens is 256 g/mol. The van der Waals surface area contributed by atoms with E-state index in [1.165, 1.54) is 4.90 Å². The molecule has 0 aromatic carbocycles. The maximum atomic E-state index is 12.1. The van der Waals surface area contributed by atoms with E-state index in [2.05, 4.69) is 5.10 Å². The van der Waals surface area contributed by atoms with Crippen LogP contribution < -0.4 is 0 Å². The molecule has 2 aromatic heterocycles. The van der Waals surface area contributed by atoms with Crippen LogP contribution in [0.2, 0.25) is 0 Å². The van der Waals surface area contributed by atoms with Gasteiger partial charge in [0.25, 0.3) is 11.7 Å². The number of carbonyl (C=O) groups is 2. The highest BCUT2D eigenvalue weighted by Gasteiger charge is 2.22. The lowest BCUT2D eigenvalue weighted by molar-refractivity contribution is -0.125. The fraction of sp³-hybridized carbons (Fsp3) is 0.357. The minimum Gasteiger partial charge on any atom is -0.348 e. The normalized spacial score (nSPS) is 10.6. The van der Waals surface area contributed by atoms with Gasteiger partial charge in [0.15, 0.2) is 0 Å². The van der Waals surface area contributed by atoms with E-state index in [4.69, 9.17) is 0 Å². The fourth-order valence-electron chi connectivity index (χ4n) is 1.98. The summed E-state index contributed by atoms with van der Waals surface area (Å²) in [6.07, 6.45) is 6.08. The summed E-state index contributed by atoms with van der Waals surface area (Å²) in [4.78, 5) is 25.6. The van der Waals surface area contributed by atoms with Crippen LogP contribution >= 0.6 is 0 Å². The van der Waals surface area contributed by atoms with Gasteiger partial charge in [-0.3, -0.25) is 14.3 Å². The summed E-state index contributed by atoms with van der Waals surface area (Å²) in [6, 6.07) is 3.39. The highest BCUT2D eigenvalue weighted by Crippen LogP contribution is 2.05. The molecule has 0 spiro atoms. The van der Waals surface area contributed by atoms with Crippen molar-refractivity contribution in [3.63, 3.8) is 0 Å². The quantitative estimate of drug-likeness (QED) is 0.594. The van der Waals surface area contributed by atoms with Gasteiger partial charge in [0.1, 0.15) is 0 Å². The van der Waals surface area contributed by atoms with E-state index in [9.17, 15) is 9.59 Å². The van der Waals surface area contributed by atoms with Crippen molar-refractivity contribution in [3.8, 4) is 0 Å². The van der Waals surface area contributed by atoms with Crippen LogP contribution in [0.4, 0.5) is 0 Å². The molecule has 0 saturated heterocycles. The second-order valence-electron chi connectivity index (χ2n) is 4.83. The van der Waals surface area contributed by atoms with Crippen molar-refractivity contribution < 1.29 is 9.59 Å². The molecule has 0 radical (unpaired) electrons. The first-order valence-corrected chi connectivity index (χ1v) is 6.37. The second-order valence-corrected chi connectivity index (χ2v) is 4.83. The molecule has 0 fully saturated rings. The van der Waals surface area contributed by atoms with E-state index >= 15 is 0 Å². The van der Waals surface area contributed by atoms with E-state index in [1.54, 1.807) is 47.9 Å². The largest absolute Gasteiger partial charge is 0.348 e. The highest BCUT2D eigenvalue weighted by molar-refractivity contribution is 6.42. The fourth-order valence-corrected chi connectivity index (χ4v) is 1.98. The molecular formula is C14H18N4O2. The molecule has 20 heavy (non-hydrogen) atoms. The molecule has 6 nitrogen and oxygen atoms in total. The SMILES string of the molecule is CN(CCc1cnn(C)c1)C(=O)C(=O)c1cccn1C. The Bertz CT molecular complexity index is 627. The zero-order chi connectivity index (χ0) is 14.7. The van der Waals surface area contributed by atoms with Crippen LogP contribution in [0.3, 0.4) is 0 Å². The monoisotopic (exact) mass is 274 g/mol. The smallest absolute Gasteiger partial charge is 0.296 e. The number of hydrogen-bond acceptors (Lipinski definition) is 3. The standard InChI is InChI=1S/C14H18N4O2/c1-16-7-4-5-12(16)13(19)14(20)17(2)8-6-11-9-15-18(3)10-11/h4-5,7,9-10H,6,8H2,1-3H3. The summed E-state index contributed by atoms with van der Waals surface area (Å²) in [6.45, 7) is 0.487. The number of Topliss-reactive ketones (excluding diaryl/α,β-unsaturated/α-hetero) is 1. The van der Waals surface area contributed by atoms with Crippen LogP contribution in [-0.2, 0) is 25.3 Å². The number of carbonyl (C=O) groups excluding carboxylic acids is 2. The van der Waals surface area contributed by atoms with Gasteiger partial charge >= 0.3 is 0 Å². The van der Waals surface area contributed by atoms with Crippen LogP contribution in [0.15, 0.2) is 30.7 Å². The Hall–Kier alpha value is -2.37. The van der Waals surface area contributed by atoms with Crippen molar-refractivity contribution in [3.05, 3.63) is 42.0 Å². The van der Waals surface area contributed by atoms with Crippen molar-refractivity contribution in [1.82, 2.24) is 19.2 Å². The number of ketones is 1. The van der Waals surface area contributed by atoms with Gasteiger partial charge < -0.3 is 9.47 Å². The maximum absolute atomic E-state index is 12.1. The Morgan fingerprint density at radius 2 is 2.10 bits per heavy atom. The lowest BCUT2D eigenvalue weighted by Gasteiger charge is -2.15. The van der Waals surface area contributed by atoms with Crippen LogP contribution in [0, 0.1) is 0 Å².